The maximum atomic E-state index is 13.2. The lowest BCUT2D eigenvalue weighted by Gasteiger charge is -2.05. The molecule has 0 amide bonds. The molecule has 0 bridgehead atoms. The molecule has 0 unspecified atom stereocenters. The van der Waals surface area contributed by atoms with Crippen LogP contribution in [0.3, 0.4) is 0 Å². The van der Waals surface area contributed by atoms with Crippen molar-refractivity contribution >= 4 is 16.6 Å². The molecular formula is C18H15FN4O. The Balaban J connectivity index is 2.06. The minimum atomic E-state index is -0.286. The first-order valence-corrected chi connectivity index (χ1v) is 7.73. The number of hydrogen-bond donors (Lipinski definition) is 0. The summed E-state index contributed by atoms with van der Waals surface area (Å²) in [6.45, 7) is 4.40. The lowest BCUT2D eigenvalue weighted by atomic mass is 10.1. The van der Waals surface area contributed by atoms with Gasteiger partial charge in [0.2, 0.25) is 0 Å². The number of aromatic nitrogens is 4. The van der Waals surface area contributed by atoms with E-state index in [1.165, 1.54) is 12.1 Å². The fourth-order valence-electron chi connectivity index (χ4n) is 3.02. The van der Waals surface area contributed by atoms with Gasteiger partial charge in [-0.05, 0) is 37.6 Å². The largest absolute Gasteiger partial charge is 0.315 e. The zero-order valence-corrected chi connectivity index (χ0v) is 13.3. The van der Waals surface area contributed by atoms with Crippen LogP contribution in [-0.4, -0.2) is 19.2 Å². The van der Waals surface area contributed by atoms with Crippen molar-refractivity contribution in [2.75, 3.05) is 0 Å². The number of benzene rings is 1. The van der Waals surface area contributed by atoms with E-state index in [9.17, 15) is 9.18 Å². The maximum absolute atomic E-state index is 13.2. The average molecular weight is 322 g/mol. The van der Waals surface area contributed by atoms with Crippen molar-refractivity contribution in [2.24, 2.45) is 0 Å². The van der Waals surface area contributed by atoms with E-state index < -0.39 is 0 Å². The molecule has 0 fully saturated rings. The number of pyridine rings is 1. The molecule has 24 heavy (non-hydrogen) atoms. The Morgan fingerprint density at radius 2 is 1.92 bits per heavy atom. The number of halogens is 1. The Labute approximate surface area is 137 Å². The highest BCUT2D eigenvalue weighted by Crippen LogP contribution is 2.28. The van der Waals surface area contributed by atoms with E-state index >= 15 is 0 Å². The minimum absolute atomic E-state index is 0.0825. The molecule has 1 aromatic carbocycles. The predicted molar refractivity (Wildman–Crippen MR) is 90.6 cm³/mol. The van der Waals surface area contributed by atoms with Crippen LogP contribution in [0.2, 0.25) is 0 Å². The van der Waals surface area contributed by atoms with Gasteiger partial charge in [-0.2, -0.15) is 5.10 Å². The summed E-state index contributed by atoms with van der Waals surface area (Å²) in [5.41, 5.74) is 3.75. The normalized spacial score (nSPS) is 11.5. The van der Waals surface area contributed by atoms with Gasteiger partial charge >= 0.3 is 0 Å². The van der Waals surface area contributed by atoms with Gasteiger partial charge in [0, 0.05) is 24.5 Å². The van der Waals surface area contributed by atoms with E-state index in [4.69, 9.17) is 0 Å². The van der Waals surface area contributed by atoms with Crippen LogP contribution < -0.4 is 5.56 Å². The fourth-order valence-corrected chi connectivity index (χ4v) is 3.02. The molecule has 0 aliphatic heterocycles. The van der Waals surface area contributed by atoms with E-state index in [2.05, 4.69) is 10.1 Å². The Morgan fingerprint density at radius 3 is 2.62 bits per heavy atom. The molecule has 0 radical (unpaired) electrons. The van der Waals surface area contributed by atoms with E-state index in [-0.39, 0.29) is 11.4 Å². The lowest BCUT2D eigenvalue weighted by Crippen LogP contribution is -2.19. The summed E-state index contributed by atoms with van der Waals surface area (Å²) < 4.78 is 16.5. The molecule has 120 valence electrons. The second-order valence-corrected chi connectivity index (χ2v) is 5.67. The molecule has 0 aliphatic carbocycles. The summed E-state index contributed by atoms with van der Waals surface area (Å²) in [6, 6.07) is 8.12. The van der Waals surface area contributed by atoms with E-state index in [0.717, 1.165) is 16.8 Å². The summed E-state index contributed by atoms with van der Waals surface area (Å²) in [7, 11) is 0. The molecule has 3 heterocycles. The molecule has 0 N–H and O–H groups in total. The fraction of sp³-hybridized carbons (Fsp3) is 0.167. The SMILES string of the molecule is CCn1ccc2c(cnc3c(-c4ccc(F)cc4)c(C)nn32)c1=O. The van der Waals surface area contributed by atoms with Crippen molar-refractivity contribution in [3.05, 3.63) is 64.6 Å². The smallest absolute Gasteiger partial charge is 0.261 e. The monoisotopic (exact) mass is 322 g/mol. The van der Waals surface area contributed by atoms with Gasteiger partial charge in [0.05, 0.1) is 16.6 Å². The molecule has 0 spiro atoms. The topological polar surface area (TPSA) is 52.2 Å². The summed E-state index contributed by atoms with van der Waals surface area (Å²) in [6.07, 6.45) is 3.35. The van der Waals surface area contributed by atoms with Crippen LogP contribution in [-0.2, 0) is 6.54 Å². The molecule has 0 saturated carbocycles. The van der Waals surface area contributed by atoms with Crippen LogP contribution >= 0.6 is 0 Å². The third kappa shape index (κ3) is 2.03. The molecule has 0 atom stereocenters. The van der Waals surface area contributed by atoms with Gasteiger partial charge in [-0.15, -0.1) is 0 Å². The van der Waals surface area contributed by atoms with Gasteiger partial charge in [-0.25, -0.2) is 13.9 Å². The second-order valence-electron chi connectivity index (χ2n) is 5.67. The first-order valence-electron chi connectivity index (χ1n) is 7.73. The van der Waals surface area contributed by atoms with Crippen LogP contribution in [0.15, 0.2) is 47.5 Å². The Kier molecular flexibility index (Phi) is 3.19. The van der Waals surface area contributed by atoms with Gasteiger partial charge < -0.3 is 4.57 Å². The lowest BCUT2D eigenvalue weighted by molar-refractivity contribution is 0.628. The number of fused-ring (bicyclic) bond motifs is 3. The third-order valence-electron chi connectivity index (χ3n) is 4.23. The van der Waals surface area contributed by atoms with Crippen molar-refractivity contribution in [1.29, 1.82) is 0 Å². The van der Waals surface area contributed by atoms with Crippen molar-refractivity contribution < 1.29 is 4.39 Å². The van der Waals surface area contributed by atoms with Crippen molar-refractivity contribution in [3.8, 4) is 11.1 Å². The highest BCUT2D eigenvalue weighted by atomic mass is 19.1. The Hall–Kier alpha value is -3.02. The molecule has 3 aromatic heterocycles. The van der Waals surface area contributed by atoms with Crippen molar-refractivity contribution in [1.82, 2.24) is 19.2 Å². The predicted octanol–water partition coefficient (Wildman–Crippen LogP) is 3.18. The molecular weight excluding hydrogens is 307 g/mol. The van der Waals surface area contributed by atoms with Crippen LogP contribution in [0.25, 0.3) is 27.7 Å². The van der Waals surface area contributed by atoms with Crippen LogP contribution in [0.5, 0.6) is 0 Å². The summed E-state index contributed by atoms with van der Waals surface area (Å²) in [5, 5.41) is 5.08. The number of aryl methyl sites for hydroxylation is 2. The van der Waals surface area contributed by atoms with Crippen molar-refractivity contribution in [3.63, 3.8) is 0 Å². The Morgan fingerprint density at radius 1 is 1.17 bits per heavy atom. The first-order chi connectivity index (χ1) is 11.6. The maximum Gasteiger partial charge on any atom is 0.261 e. The average Bonchev–Trinajstić information content (AvgIpc) is 2.92. The highest BCUT2D eigenvalue weighted by Gasteiger charge is 2.16. The van der Waals surface area contributed by atoms with Gasteiger partial charge in [0.25, 0.3) is 5.56 Å². The zero-order chi connectivity index (χ0) is 16.8. The van der Waals surface area contributed by atoms with E-state index in [0.29, 0.717) is 23.1 Å². The van der Waals surface area contributed by atoms with Gasteiger partial charge in [0.1, 0.15) is 5.82 Å². The zero-order valence-electron chi connectivity index (χ0n) is 13.3. The minimum Gasteiger partial charge on any atom is -0.315 e. The molecule has 0 aliphatic rings. The van der Waals surface area contributed by atoms with Gasteiger partial charge in [0.15, 0.2) is 5.65 Å². The van der Waals surface area contributed by atoms with Crippen molar-refractivity contribution in [2.45, 2.75) is 20.4 Å². The number of nitrogens with zero attached hydrogens (tertiary/aromatic N) is 4. The summed E-state index contributed by atoms with van der Waals surface area (Å²) in [5.74, 6) is -0.286. The first kappa shape index (κ1) is 14.6. The summed E-state index contributed by atoms with van der Waals surface area (Å²) in [4.78, 5) is 16.9. The van der Waals surface area contributed by atoms with Crippen LogP contribution in [0, 0.1) is 12.7 Å². The van der Waals surface area contributed by atoms with Crippen LogP contribution in [0.4, 0.5) is 4.39 Å². The number of rotatable bonds is 2. The van der Waals surface area contributed by atoms with Crippen LogP contribution in [0.1, 0.15) is 12.6 Å². The third-order valence-corrected chi connectivity index (χ3v) is 4.23. The van der Waals surface area contributed by atoms with E-state index in [1.54, 1.807) is 33.6 Å². The molecule has 4 rings (SSSR count). The molecule has 6 heteroatoms. The molecule has 0 saturated heterocycles. The standard InChI is InChI=1S/C18H15FN4O/c1-3-22-9-8-15-14(18(22)24)10-20-17-16(11(2)21-23(15)17)12-4-6-13(19)7-5-12/h4-10H,3H2,1-2H3. The highest BCUT2D eigenvalue weighted by molar-refractivity contribution is 5.86. The second kappa shape index (κ2) is 5.26. The van der Waals surface area contributed by atoms with E-state index in [1.807, 2.05) is 19.9 Å². The summed E-state index contributed by atoms with van der Waals surface area (Å²) >= 11 is 0. The van der Waals surface area contributed by atoms with Gasteiger partial charge in [-0.1, -0.05) is 12.1 Å². The Bertz CT molecular complexity index is 1130. The molecule has 4 aromatic rings. The number of hydrogen-bond acceptors (Lipinski definition) is 3. The molecule has 5 nitrogen and oxygen atoms in total. The quantitative estimate of drug-likeness (QED) is 0.569. The van der Waals surface area contributed by atoms with Gasteiger partial charge in [-0.3, -0.25) is 4.79 Å².